The molecule has 3 aromatic carbocycles. The van der Waals surface area contributed by atoms with Gasteiger partial charge in [0, 0.05) is 22.3 Å². The first-order chi connectivity index (χ1) is 14.5. The summed E-state index contributed by atoms with van der Waals surface area (Å²) >= 11 is 0. The van der Waals surface area contributed by atoms with Crippen molar-refractivity contribution < 1.29 is 9.59 Å². The molecular formula is C24H22N4O2. The van der Waals surface area contributed by atoms with Crippen LogP contribution in [0, 0.1) is 13.8 Å². The lowest BCUT2D eigenvalue weighted by Gasteiger charge is -2.03. The molecule has 0 heterocycles. The topological polar surface area (TPSA) is 82.9 Å². The lowest BCUT2D eigenvalue weighted by atomic mass is 10.1. The zero-order valence-corrected chi connectivity index (χ0v) is 16.8. The number of benzene rings is 3. The van der Waals surface area contributed by atoms with Gasteiger partial charge in [0.05, 0.1) is 12.4 Å². The predicted molar refractivity (Wildman–Crippen MR) is 119 cm³/mol. The Labute approximate surface area is 175 Å². The Morgan fingerprint density at radius 3 is 1.37 bits per heavy atom. The van der Waals surface area contributed by atoms with E-state index in [0.29, 0.717) is 11.1 Å². The number of nitrogens with zero attached hydrogens (tertiary/aromatic N) is 2. The summed E-state index contributed by atoms with van der Waals surface area (Å²) in [5, 5.41) is 8.05. The first-order valence-electron chi connectivity index (χ1n) is 9.42. The highest BCUT2D eigenvalue weighted by atomic mass is 16.2. The maximum Gasteiger partial charge on any atom is 0.271 e. The number of carbonyl (C=O) groups excluding carboxylic acids is 2. The summed E-state index contributed by atoms with van der Waals surface area (Å²) in [5.74, 6) is -0.578. The van der Waals surface area contributed by atoms with Gasteiger partial charge in [-0.2, -0.15) is 10.2 Å². The van der Waals surface area contributed by atoms with Crippen LogP contribution in [-0.2, 0) is 0 Å². The lowest BCUT2D eigenvalue weighted by molar-refractivity contribution is 0.0947. The number of rotatable bonds is 6. The summed E-state index contributed by atoms with van der Waals surface area (Å²) in [5.41, 5.74) is 9.74. The van der Waals surface area contributed by atoms with Gasteiger partial charge >= 0.3 is 0 Å². The predicted octanol–water partition coefficient (Wildman–Crippen LogP) is 3.83. The van der Waals surface area contributed by atoms with Gasteiger partial charge in [-0.3, -0.25) is 9.59 Å². The number of hydrazone groups is 2. The van der Waals surface area contributed by atoms with Crippen LogP contribution in [0.5, 0.6) is 0 Å². The SMILES string of the molecule is Cc1ccc(C(=O)N/N=C/c2ccccc2/C=N/NC(=O)c2ccc(C)cc2)cc1. The summed E-state index contributed by atoms with van der Waals surface area (Å²) in [6.07, 6.45) is 3.07. The first-order valence-corrected chi connectivity index (χ1v) is 9.42. The number of aryl methyl sites for hydroxylation is 2. The molecule has 0 spiro atoms. The van der Waals surface area contributed by atoms with Gasteiger partial charge in [-0.1, -0.05) is 59.7 Å². The Balaban J connectivity index is 1.62. The molecule has 0 saturated carbocycles. The molecule has 2 amide bonds. The largest absolute Gasteiger partial charge is 0.271 e. The molecule has 0 aliphatic heterocycles. The van der Waals surface area contributed by atoms with Crippen LogP contribution in [-0.4, -0.2) is 24.2 Å². The average Bonchev–Trinajstić information content (AvgIpc) is 2.75. The molecular weight excluding hydrogens is 376 g/mol. The molecule has 0 atom stereocenters. The van der Waals surface area contributed by atoms with Crippen molar-refractivity contribution in [3.8, 4) is 0 Å². The Morgan fingerprint density at radius 2 is 1.00 bits per heavy atom. The summed E-state index contributed by atoms with van der Waals surface area (Å²) in [4.78, 5) is 24.3. The van der Waals surface area contributed by atoms with Crippen molar-refractivity contribution >= 4 is 24.2 Å². The molecule has 0 aliphatic carbocycles. The zero-order valence-electron chi connectivity index (χ0n) is 16.8. The zero-order chi connectivity index (χ0) is 21.3. The standard InChI is InChI=1S/C24H22N4O2/c1-17-7-11-19(12-8-17)23(29)27-25-15-21-5-3-4-6-22(21)16-26-28-24(30)20-13-9-18(2)10-14-20/h3-16H,1-2H3,(H,27,29)(H,28,30)/b25-15+,26-16+. The molecule has 6 nitrogen and oxygen atoms in total. The van der Waals surface area contributed by atoms with E-state index in [1.54, 1.807) is 24.3 Å². The average molecular weight is 398 g/mol. The van der Waals surface area contributed by atoms with E-state index in [4.69, 9.17) is 0 Å². The van der Waals surface area contributed by atoms with Gasteiger partial charge in [0.2, 0.25) is 0 Å². The maximum atomic E-state index is 12.1. The minimum atomic E-state index is -0.289. The van der Waals surface area contributed by atoms with E-state index < -0.39 is 0 Å². The van der Waals surface area contributed by atoms with Gasteiger partial charge in [0.25, 0.3) is 11.8 Å². The highest BCUT2D eigenvalue weighted by Crippen LogP contribution is 2.06. The maximum absolute atomic E-state index is 12.1. The van der Waals surface area contributed by atoms with Crippen LogP contribution in [0.3, 0.4) is 0 Å². The second-order valence-electron chi connectivity index (χ2n) is 6.76. The monoisotopic (exact) mass is 398 g/mol. The minimum absolute atomic E-state index is 0.289. The number of nitrogens with one attached hydrogen (secondary N) is 2. The van der Waals surface area contributed by atoms with Crippen molar-refractivity contribution in [3.05, 3.63) is 106 Å². The summed E-state index contributed by atoms with van der Waals surface area (Å²) in [7, 11) is 0. The molecule has 3 rings (SSSR count). The summed E-state index contributed by atoms with van der Waals surface area (Å²) < 4.78 is 0. The normalized spacial score (nSPS) is 11.0. The summed E-state index contributed by atoms with van der Waals surface area (Å²) in [6.45, 7) is 3.92. The fourth-order valence-electron chi connectivity index (χ4n) is 2.61. The molecule has 150 valence electrons. The highest BCUT2D eigenvalue weighted by molar-refractivity contribution is 5.98. The van der Waals surface area contributed by atoms with Crippen LogP contribution in [0.25, 0.3) is 0 Å². The van der Waals surface area contributed by atoms with Gasteiger partial charge < -0.3 is 0 Å². The van der Waals surface area contributed by atoms with Crippen LogP contribution in [0.1, 0.15) is 43.0 Å². The van der Waals surface area contributed by atoms with Crippen LogP contribution < -0.4 is 10.9 Å². The molecule has 0 radical (unpaired) electrons. The molecule has 0 saturated heterocycles. The van der Waals surface area contributed by atoms with Gasteiger partial charge in [-0.25, -0.2) is 10.9 Å². The van der Waals surface area contributed by atoms with Crippen LogP contribution in [0.15, 0.2) is 83.0 Å². The molecule has 6 heteroatoms. The van der Waals surface area contributed by atoms with Gasteiger partial charge in [-0.15, -0.1) is 0 Å². The summed E-state index contributed by atoms with van der Waals surface area (Å²) in [6, 6.07) is 21.9. The van der Waals surface area contributed by atoms with Crippen molar-refractivity contribution in [2.75, 3.05) is 0 Å². The molecule has 0 aromatic heterocycles. The Morgan fingerprint density at radius 1 is 0.633 bits per heavy atom. The number of amides is 2. The van der Waals surface area contributed by atoms with E-state index in [1.807, 2.05) is 62.4 Å². The van der Waals surface area contributed by atoms with Crippen LogP contribution in [0.4, 0.5) is 0 Å². The molecule has 2 N–H and O–H groups in total. The van der Waals surface area contributed by atoms with Crippen LogP contribution >= 0.6 is 0 Å². The Bertz CT molecular complexity index is 996. The second kappa shape index (κ2) is 9.93. The molecule has 30 heavy (non-hydrogen) atoms. The van der Waals surface area contributed by atoms with Crippen molar-refractivity contribution in [2.45, 2.75) is 13.8 Å². The number of hydrogen-bond donors (Lipinski definition) is 2. The van der Waals surface area contributed by atoms with E-state index in [0.717, 1.165) is 22.3 Å². The lowest BCUT2D eigenvalue weighted by Crippen LogP contribution is -2.18. The molecule has 0 aliphatic rings. The van der Waals surface area contributed by atoms with Gasteiger partial charge in [0.15, 0.2) is 0 Å². The first kappa shape index (κ1) is 20.7. The van der Waals surface area contributed by atoms with Crippen molar-refractivity contribution in [2.24, 2.45) is 10.2 Å². The molecule has 0 unspecified atom stereocenters. The number of carbonyl (C=O) groups is 2. The van der Waals surface area contributed by atoms with E-state index >= 15 is 0 Å². The van der Waals surface area contributed by atoms with E-state index in [2.05, 4.69) is 21.1 Å². The quantitative estimate of drug-likeness (QED) is 0.489. The van der Waals surface area contributed by atoms with Gasteiger partial charge in [0.1, 0.15) is 0 Å². The minimum Gasteiger partial charge on any atom is -0.267 e. The van der Waals surface area contributed by atoms with E-state index in [9.17, 15) is 9.59 Å². The fraction of sp³-hybridized carbons (Fsp3) is 0.0833. The van der Waals surface area contributed by atoms with Gasteiger partial charge in [-0.05, 0) is 38.1 Å². The Kier molecular flexibility index (Phi) is 6.84. The third-order valence-corrected chi connectivity index (χ3v) is 4.36. The number of hydrogen-bond acceptors (Lipinski definition) is 4. The van der Waals surface area contributed by atoms with Crippen molar-refractivity contribution in [3.63, 3.8) is 0 Å². The third-order valence-electron chi connectivity index (χ3n) is 4.36. The highest BCUT2D eigenvalue weighted by Gasteiger charge is 2.04. The van der Waals surface area contributed by atoms with Crippen molar-refractivity contribution in [1.29, 1.82) is 0 Å². The third kappa shape index (κ3) is 5.72. The van der Waals surface area contributed by atoms with Crippen molar-refractivity contribution in [1.82, 2.24) is 10.9 Å². The molecule has 3 aromatic rings. The van der Waals surface area contributed by atoms with Crippen LogP contribution in [0.2, 0.25) is 0 Å². The second-order valence-corrected chi connectivity index (χ2v) is 6.76. The fourth-order valence-corrected chi connectivity index (χ4v) is 2.61. The van der Waals surface area contributed by atoms with E-state index in [-0.39, 0.29) is 11.8 Å². The molecule has 0 fully saturated rings. The van der Waals surface area contributed by atoms with E-state index in [1.165, 1.54) is 12.4 Å². The Hall–Kier alpha value is -4.06. The molecule has 0 bridgehead atoms. The smallest absolute Gasteiger partial charge is 0.267 e.